The lowest BCUT2D eigenvalue weighted by Crippen LogP contribution is -2.26. The number of rotatable bonds is 6. The van der Waals surface area contributed by atoms with Crippen LogP contribution in [-0.2, 0) is 6.54 Å². The average molecular weight is 208 g/mol. The summed E-state index contributed by atoms with van der Waals surface area (Å²) >= 11 is 0. The fourth-order valence-corrected chi connectivity index (χ4v) is 1.58. The number of aromatic nitrogens is 1. The Hall–Kier alpha value is -1.09. The smallest absolute Gasteiger partial charge is 0.161 e. The summed E-state index contributed by atoms with van der Waals surface area (Å²) in [5.74, 6) is 0.136. The predicted molar refractivity (Wildman–Crippen MR) is 62.2 cm³/mol. The van der Waals surface area contributed by atoms with E-state index < -0.39 is 0 Å². The SMILES string of the molecule is CCN(CC)CCn1ccc(C(C)=O)c1. The molecule has 0 radical (unpaired) electrons. The average Bonchev–Trinajstić information content (AvgIpc) is 2.68. The molecule has 84 valence electrons. The van der Waals surface area contributed by atoms with E-state index in [1.807, 2.05) is 18.5 Å². The lowest BCUT2D eigenvalue weighted by Gasteiger charge is -2.17. The van der Waals surface area contributed by atoms with Gasteiger partial charge in [0.1, 0.15) is 0 Å². The molecule has 0 amide bonds. The summed E-state index contributed by atoms with van der Waals surface area (Å²) in [7, 11) is 0. The maximum absolute atomic E-state index is 11.1. The van der Waals surface area contributed by atoms with Crippen molar-refractivity contribution in [3.63, 3.8) is 0 Å². The molecule has 3 heteroatoms. The predicted octanol–water partition coefficient (Wildman–Crippen LogP) is 2.03. The molecule has 0 spiro atoms. The zero-order valence-electron chi connectivity index (χ0n) is 9.86. The molecule has 0 bridgehead atoms. The number of hydrogen-bond donors (Lipinski definition) is 0. The third kappa shape index (κ3) is 3.51. The van der Waals surface area contributed by atoms with Crippen LogP contribution >= 0.6 is 0 Å². The van der Waals surface area contributed by atoms with Gasteiger partial charge >= 0.3 is 0 Å². The Kier molecular flexibility index (Phi) is 4.56. The molecule has 15 heavy (non-hydrogen) atoms. The summed E-state index contributed by atoms with van der Waals surface area (Å²) in [6, 6.07) is 1.88. The van der Waals surface area contributed by atoms with Gasteiger partial charge in [0.2, 0.25) is 0 Å². The molecule has 0 aliphatic rings. The van der Waals surface area contributed by atoms with Gasteiger partial charge in [0.05, 0.1) is 0 Å². The summed E-state index contributed by atoms with van der Waals surface area (Å²) in [6.07, 6.45) is 3.89. The van der Waals surface area contributed by atoms with Gasteiger partial charge in [-0.15, -0.1) is 0 Å². The van der Waals surface area contributed by atoms with Crippen LogP contribution in [-0.4, -0.2) is 34.9 Å². The molecule has 1 heterocycles. The van der Waals surface area contributed by atoms with Crippen molar-refractivity contribution in [2.45, 2.75) is 27.3 Å². The van der Waals surface area contributed by atoms with Gasteiger partial charge in [0, 0.05) is 31.0 Å². The van der Waals surface area contributed by atoms with Crippen molar-refractivity contribution in [1.29, 1.82) is 0 Å². The molecule has 1 aromatic rings. The molecule has 0 aliphatic heterocycles. The van der Waals surface area contributed by atoms with Gasteiger partial charge in [-0.1, -0.05) is 13.8 Å². The second kappa shape index (κ2) is 5.71. The molecule has 1 aromatic heterocycles. The van der Waals surface area contributed by atoms with Crippen molar-refractivity contribution in [3.05, 3.63) is 24.0 Å². The van der Waals surface area contributed by atoms with E-state index in [0.717, 1.165) is 31.7 Å². The van der Waals surface area contributed by atoms with Crippen LogP contribution in [0, 0.1) is 0 Å². The van der Waals surface area contributed by atoms with Crippen LogP contribution < -0.4 is 0 Å². The molecule has 0 saturated carbocycles. The third-order valence-corrected chi connectivity index (χ3v) is 2.73. The first-order valence-corrected chi connectivity index (χ1v) is 5.56. The Morgan fingerprint density at radius 2 is 2.07 bits per heavy atom. The quantitative estimate of drug-likeness (QED) is 0.668. The Morgan fingerprint density at radius 3 is 2.53 bits per heavy atom. The minimum Gasteiger partial charge on any atom is -0.352 e. The highest BCUT2D eigenvalue weighted by Gasteiger charge is 2.02. The number of nitrogens with zero attached hydrogens (tertiary/aromatic N) is 2. The van der Waals surface area contributed by atoms with Gasteiger partial charge in [-0.25, -0.2) is 0 Å². The summed E-state index contributed by atoms with van der Waals surface area (Å²) in [5.41, 5.74) is 0.801. The first-order chi connectivity index (χ1) is 7.17. The minimum absolute atomic E-state index is 0.136. The summed E-state index contributed by atoms with van der Waals surface area (Å²) in [6.45, 7) is 10.1. The Bertz CT molecular complexity index is 313. The fourth-order valence-electron chi connectivity index (χ4n) is 1.58. The highest BCUT2D eigenvalue weighted by atomic mass is 16.1. The fraction of sp³-hybridized carbons (Fsp3) is 0.583. The zero-order chi connectivity index (χ0) is 11.3. The van der Waals surface area contributed by atoms with Gasteiger partial charge in [0.25, 0.3) is 0 Å². The first kappa shape index (κ1) is 12.0. The van der Waals surface area contributed by atoms with Crippen LogP contribution in [0.15, 0.2) is 18.5 Å². The van der Waals surface area contributed by atoms with Crippen molar-refractivity contribution in [2.24, 2.45) is 0 Å². The minimum atomic E-state index is 0.136. The maximum atomic E-state index is 11.1. The van der Waals surface area contributed by atoms with E-state index in [9.17, 15) is 4.79 Å². The number of carbonyl (C=O) groups is 1. The topological polar surface area (TPSA) is 25.2 Å². The Morgan fingerprint density at radius 1 is 1.40 bits per heavy atom. The Balaban J connectivity index is 2.47. The summed E-state index contributed by atoms with van der Waals surface area (Å²) in [4.78, 5) is 13.5. The van der Waals surface area contributed by atoms with Gasteiger partial charge in [-0.3, -0.25) is 4.79 Å². The van der Waals surface area contributed by atoms with Crippen molar-refractivity contribution in [3.8, 4) is 0 Å². The number of Topliss-reactive ketones (excluding diaryl/α,β-unsaturated/α-hetero) is 1. The van der Waals surface area contributed by atoms with E-state index >= 15 is 0 Å². The van der Waals surface area contributed by atoms with Crippen LogP contribution in [0.4, 0.5) is 0 Å². The number of likely N-dealkylation sites (N-methyl/N-ethyl adjacent to an activating group) is 1. The second-order valence-corrected chi connectivity index (χ2v) is 3.72. The van der Waals surface area contributed by atoms with Gasteiger partial charge in [0.15, 0.2) is 5.78 Å². The highest BCUT2D eigenvalue weighted by molar-refractivity contribution is 5.93. The van der Waals surface area contributed by atoms with Crippen LogP contribution in [0.3, 0.4) is 0 Å². The lowest BCUT2D eigenvalue weighted by molar-refractivity contribution is 0.101. The number of carbonyl (C=O) groups excluding carboxylic acids is 1. The van der Waals surface area contributed by atoms with Crippen LogP contribution in [0.1, 0.15) is 31.1 Å². The normalized spacial score (nSPS) is 10.9. The van der Waals surface area contributed by atoms with E-state index in [-0.39, 0.29) is 5.78 Å². The summed E-state index contributed by atoms with van der Waals surface area (Å²) < 4.78 is 2.08. The monoisotopic (exact) mass is 208 g/mol. The first-order valence-electron chi connectivity index (χ1n) is 5.56. The lowest BCUT2D eigenvalue weighted by atomic mass is 10.2. The number of ketones is 1. The molecule has 0 N–H and O–H groups in total. The second-order valence-electron chi connectivity index (χ2n) is 3.72. The van der Waals surface area contributed by atoms with Crippen molar-refractivity contribution in [1.82, 2.24) is 9.47 Å². The van der Waals surface area contributed by atoms with Crippen LogP contribution in [0.2, 0.25) is 0 Å². The van der Waals surface area contributed by atoms with Crippen LogP contribution in [0.25, 0.3) is 0 Å². The van der Waals surface area contributed by atoms with E-state index in [4.69, 9.17) is 0 Å². The highest BCUT2D eigenvalue weighted by Crippen LogP contribution is 2.02. The van der Waals surface area contributed by atoms with E-state index in [1.54, 1.807) is 6.92 Å². The van der Waals surface area contributed by atoms with Gasteiger partial charge in [-0.2, -0.15) is 0 Å². The van der Waals surface area contributed by atoms with Crippen molar-refractivity contribution in [2.75, 3.05) is 19.6 Å². The molecule has 0 atom stereocenters. The largest absolute Gasteiger partial charge is 0.352 e. The molecule has 1 rings (SSSR count). The molecule has 0 saturated heterocycles. The molecule has 0 fully saturated rings. The zero-order valence-corrected chi connectivity index (χ0v) is 9.86. The van der Waals surface area contributed by atoms with E-state index in [1.165, 1.54) is 0 Å². The molecular formula is C12H20N2O. The molecule has 0 aliphatic carbocycles. The molecule has 0 aromatic carbocycles. The van der Waals surface area contributed by atoms with Crippen molar-refractivity contribution >= 4 is 5.78 Å². The molecule has 0 unspecified atom stereocenters. The number of hydrogen-bond acceptors (Lipinski definition) is 2. The molecular weight excluding hydrogens is 188 g/mol. The summed E-state index contributed by atoms with van der Waals surface area (Å²) in [5, 5.41) is 0. The maximum Gasteiger partial charge on any atom is 0.161 e. The molecule has 3 nitrogen and oxygen atoms in total. The van der Waals surface area contributed by atoms with Gasteiger partial charge in [-0.05, 0) is 26.1 Å². The van der Waals surface area contributed by atoms with Crippen LogP contribution in [0.5, 0.6) is 0 Å². The van der Waals surface area contributed by atoms with E-state index in [2.05, 4.69) is 23.3 Å². The van der Waals surface area contributed by atoms with Gasteiger partial charge < -0.3 is 9.47 Å². The third-order valence-electron chi connectivity index (χ3n) is 2.73. The van der Waals surface area contributed by atoms with E-state index in [0.29, 0.717) is 0 Å². The standard InChI is InChI=1S/C12H20N2O/c1-4-13(5-2)8-9-14-7-6-12(10-14)11(3)15/h6-7,10H,4-5,8-9H2,1-3H3. The Labute approximate surface area is 91.7 Å². The van der Waals surface area contributed by atoms with Crippen molar-refractivity contribution < 1.29 is 4.79 Å².